The summed E-state index contributed by atoms with van der Waals surface area (Å²) < 4.78 is 0. The lowest BCUT2D eigenvalue weighted by Crippen LogP contribution is -2.63. The van der Waals surface area contributed by atoms with Gasteiger partial charge in [0.05, 0.1) is 0 Å². The van der Waals surface area contributed by atoms with Gasteiger partial charge in [0.15, 0.2) is 23.2 Å². The maximum absolute atomic E-state index is 10.7. The monoisotopic (exact) mass is 235 g/mol. The molecule has 16 heavy (non-hydrogen) atoms. The third-order valence-corrected chi connectivity index (χ3v) is 2.28. The first-order chi connectivity index (χ1) is 7.26. The van der Waals surface area contributed by atoms with E-state index >= 15 is 0 Å². The lowest BCUT2D eigenvalue weighted by molar-refractivity contribution is -0.742. The first-order valence-corrected chi connectivity index (χ1v) is 4.19. The van der Waals surface area contributed by atoms with Crippen LogP contribution >= 0.6 is 0 Å². The smallest absolute Gasteiger partial charge is 0.264 e. The Morgan fingerprint density at radius 1 is 1.00 bits per heavy atom. The van der Waals surface area contributed by atoms with Crippen molar-refractivity contribution in [1.82, 2.24) is 10.0 Å². The molecule has 1 aliphatic rings. The molecule has 0 aromatic heterocycles. The Balaban J connectivity index is 2.95. The molecule has 0 aromatic rings. The summed E-state index contributed by atoms with van der Waals surface area (Å²) in [4.78, 5) is 31.0. The number of rotatable bonds is 3. The Kier molecular flexibility index (Phi) is 2.78. The lowest BCUT2D eigenvalue weighted by atomic mass is 10.0. The Bertz CT molecular complexity index is 322. The average molecular weight is 235 g/mol. The van der Waals surface area contributed by atoms with Gasteiger partial charge in [-0.25, -0.2) is 20.2 Å². The van der Waals surface area contributed by atoms with Crippen LogP contribution in [0.3, 0.4) is 0 Å². The molecular weight excluding hydrogens is 226 g/mol. The van der Waals surface area contributed by atoms with Crippen molar-refractivity contribution in [1.29, 1.82) is 0 Å². The van der Waals surface area contributed by atoms with Crippen molar-refractivity contribution in [2.75, 3.05) is 19.8 Å². The molecule has 0 saturated carbocycles. The van der Waals surface area contributed by atoms with E-state index in [4.69, 9.17) is 0 Å². The van der Waals surface area contributed by atoms with Gasteiger partial charge in [-0.3, -0.25) is 10.1 Å². The van der Waals surface area contributed by atoms with Gasteiger partial charge in [-0.2, -0.15) is 0 Å². The summed E-state index contributed by atoms with van der Waals surface area (Å²) in [6.45, 7) is -0.350. The SMILES string of the molecule is CC1([N+](=O)[O-])CN([N+](=O)[O-])CN([N+](=O)[O-])C1. The molecule has 1 fully saturated rings. The van der Waals surface area contributed by atoms with Crippen molar-refractivity contribution < 1.29 is 15.0 Å². The van der Waals surface area contributed by atoms with Gasteiger partial charge in [0.1, 0.15) is 0 Å². The summed E-state index contributed by atoms with van der Waals surface area (Å²) in [5.74, 6) is 0. The topological polar surface area (TPSA) is 136 Å². The van der Waals surface area contributed by atoms with Crippen molar-refractivity contribution in [3.8, 4) is 0 Å². The molecule has 0 N–H and O–H groups in total. The third-order valence-electron chi connectivity index (χ3n) is 2.28. The van der Waals surface area contributed by atoms with Crippen molar-refractivity contribution in [2.45, 2.75) is 12.5 Å². The van der Waals surface area contributed by atoms with Crippen molar-refractivity contribution in [3.05, 3.63) is 30.3 Å². The normalized spacial score (nSPS) is 19.3. The van der Waals surface area contributed by atoms with E-state index in [-0.39, 0.29) is 0 Å². The zero-order chi connectivity index (χ0) is 12.5. The van der Waals surface area contributed by atoms with Crippen molar-refractivity contribution in [2.24, 2.45) is 0 Å². The summed E-state index contributed by atoms with van der Waals surface area (Å²) in [6, 6.07) is 0. The van der Waals surface area contributed by atoms with Crippen LogP contribution in [0, 0.1) is 30.3 Å². The predicted molar refractivity (Wildman–Crippen MR) is 47.7 cm³/mol. The van der Waals surface area contributed by atoms with Crippen LogP contribution < -0.4 is 0 Å². The van der Waals surface area contributed by atoms with Gasteiger partial charge >= 0.3 is 0 Å². The summed E-state index contributed by atoms with van der Waals surface area (Å²) in [6.07, 6.45) is 0. The lowest BCUT2D eigenvalue weighted by Gasteiger charge is -2.31. The fourth-order valence-corrected chi connectivity index (χ4v) is 1.46. The number of hydrazine groups is 2. The second kappa shape index (κ2) is 3.75. The molecule has 0 spiro atoms. The molecule has 0 unspecified atom stereocenters. The van der Waals surface area contributed by atoms with E-state index < -0.39 is 40.3 Å². The molecule has 1 heterocycles. The van der Waals surface area contributed by atoms with E-state index in [9.17, 15) is 30.3 Å². The predicted octanol–water partition coefficient (Wildman–Crippen LogP) is -1.02. The minimum absolute atomic E-state index is 0.453. The molecule has 11 heteroatoms. The highest BCUT2D eigenvalue weighted by atomic mass is 16.7. The van der Waals surface area contributed by atoms with E-state index in [2.05, 4.69) is 0 Å². The van der Waals surface area contributed by atoms with Gasteiger partial charge in [0, 0.05) is 11.8 Å². The van der Waals surface area contributed by atoms with Gasteiger partial charge in [-0.05, 0) is 0 Å². The van der Waals surface area contributed by atoms with Crippen LogP contribution in [0.1, 0.15) is 6.92 Å². The van der Waals surface area contributed by atoms with Gasteiger partial charge in [-0.15, -0.1) is 0 Å². The molecule has 0 amide bonds. The van der Waals surface area contributed by atoms with E-state index in [1.165, 1.54) is 0 Å². The second-order valence-electron chi connectivity index (χ2n) is 3.70. The fraction of sp³-hybridized carbons (Fsp3) is 1.00. The number of hydrogen-bond donors (Lipinski definition) is 0. The largest absolute Gasteiger partial charge is 0.265 e. The highest BCUT2D eigenvalue weighted by molar-refractivity contribution is 4.81. The molecule has 1 aliphatic heterocycles. The zero-order valence-corrected chi connectivity index (χ0v) is 8.31. The first-order valence-electron chi connectivity index (χ1n) is 4.19. The Morgan fingerprint density at radius 3 is 1.62 bits per heavy atom. The van der Waals surface area contributed by atoms with Gasteiger partial charge < -0.3 is 0 Å². The molecule has 0 aliphatic carbocycles. The van der Waals surface area contributed by atoms with Crippen molar-refractivity contribution >= 4 is 0 Å². The number of nitro groups is 3. The van der Waals surface area contributed by atoms with Gasteiger partial charge in [0.25, 0.3) is 5.54 Å². The molecule has 0 aromatic carbocycles. The van der Waals surface area contributed by atoms with Crippen LogP contribution in [-0.2, 0) is 0 Å². The molecular formula is C5H9N5O6. The Morgan fingerprint density at radius 2 is 1.38 bits per heavy atom. The van der Waals surface area contributed by atoms with Crippen LogP contribution in [0.25, 0.3) is 0 Å². The summed E-state index contributed by atoms with van der Waals surface area (Å²) in [7, 11) is 0. The van der Waals surface area contributed by atoms with Crippen LogP contribution in [0.2, 0.25) is 0 Å². The molecule has 11 nitrogen and oxygen atoms in total. The standard InChI is InChI=1S/C5H9N5O6/c1-5(8(11)12)2-6(9(13)14)4-7(3-5)10(15)16/h2-4H2,1H3. The van der Waals surface area contributed by atoms with Gasteiger partial charge in [-0.1, -0.05) is 10.0 Å². The third kappa shape index (κ3) is 2.07. The maximum atomic E-state index is 10.7. The number of hydrogen-bond acceptors (Lipinski definition) is 6. The van der Waals surface area contributed by atoms with Crippen LogP contribution in [0.5, 0.6) is 0 Å². The molecule has 90 valence electrons. The van der Waals surface area contributed by atoms with Crippen LogP contribution in [0.4, 0.5) is 0 Å². The Labute approximate surface area is 88.6 Å². The second-order valence-corrected chi connectivity index (χ2v) is 3.70. The van der Waals surface area contributed by atoms with Crippen LogP contribution in [-0.4, -0.2) is 50.3 Å². The fourth-order valence-electron chi connectivity index (χ4n) is 1.46. The molecule has 1 rings (SSSR count). The van der Waals surface area contributed by atoms with Crippen LogP contribution in [0.15, 0.2) is 0 Å². The average Bonchev–Trinajstić information content (AvgIpc) is 2.16. The molecule has 0 bridgehead atoms. The van der Waals surface area contributed by atoms with Crippen molar-refractivity contribution in [3.63, 3.8) is 0 Å². The van der Waals surface area contributed by atoms with E-state index in [1.807, 2.05) is 0 Å². The van der Waals surface area contributed by atoms with E-state index in [1.54, 1.807) is 0 Å². The summed E-state index contributed by atoms with van der Waals surface area (Å²) >= 11 is 0. The Hall–Kier alpha value is -2.20. The minimum Gasteiger partial charge on any atom is -0.264 e. The highest BCUT2D eigenvalue weighted by Crippen LogP contribution is 2.19. The summed E-state index contributed by atoms with van der Waals surface area (Å²) in [5, 5.41) is 30.9. The van der Waals surface area contributed by atoms with E-state index in [0.29, 0.717) is 10.0 Å². The molecule has 1 saturated heterocycles. The minimum atomic E-state index is -1.72. The van der Waals surface area contributed by atoms with E-state index in [0.717, 1.165) is 6.92 Å². The first kappa shape index (κ1) is 11.9. The highest BCUT2D eigenvalue weighted by Gasteiger charge is 2.52. The quantitative estimate of drug-likeness (QED) is 0.447. The van der Waals surface area contributed by atoms with Gasteiger partial charge in [0.2, 0.25) is 6.67 Å². The molecule has 0 radical (unpaired) electrons. The molecule has 0 atom stereocenters. The summed E-state index contributed by atoms with van der Waals surface area (Å²) in [5.41, 5.74) is -1.72. The maximum Gasteiger partial charge on any atom is 0.265 e. The zero-order valence-electron chi connectivity index (χ0n) is 8.31. The number of nitrogens with zero attached hydrogens (tertiary/aromatic N) is 5.